The van der Waals surface area contributed by atoms with Crippen LogP contribution >= 0.6 is 0 Å². The van der Waals surface area contributed by atoms with Gasteiger partial charge in [0, 0.05) is 31.4 Å². The second-order valence-electron chi connectivity index (χ2n) is 6.25. The Kier molecular flexibility index (Phi) is 5.12. The number of rotatable bonds is 5. The zero-order valence-electron chi connectivity index (χ0n) is 14.0. The Hall–Kier alpha value is -2.62. The summed E-state index contributed by atoms with van der Waals surface area (Å²) in [5.74, 6) is -0.674. The molecule has 142 valence electrons. The van der Waals surface area contributed by atoms with Crippen LogP contribution in [0.15, 0.2) is 18.2 Å². The van der Waals surface area contributed by atoms with Crippen molar-refractivity contribution < 1.29 is 27.8 Å². The van der Waals surface area contributed by atoms with Gasteiger partial charge < -0.3 is 30.7 Å². The van der Waals surface area contributed by atoms with Crippen molar-refractivity contribution in [1.82, 2.24) is 10.2 Å². The number of amides is 3. The van der Waals surface area contributed by atoms with Crippen LogP contribution in [0.5, 0.6) is 11.5 Å². The van der Waals surface area contributed by atoms with E-state index in [1.54, 1.807) is 0 Å². The lowest BCUT2D eigenvalue weighted by atomic mass is 9.97. The molecule has 2 aliphatic heterocycles. The minimum Gasteiger partial charge on any atom is -0.395 e. The zero-order chi connectivity index (χ0) is 18.7. The number of ether oxygens (including phenoxy) is 2. The summed E-state index contributed by atoms with van der Waals surface area (Å²) >= 11 is 0. The van der Waals surface area contributed by atoms with E-state index in [1.165, 1.54) is 18.2 Å². The lowest BCUT2D eigenvalue weighted by Gasteiger charge is -2.31. The average molecular weight is 370 g/mol. The van der Waals surface area contributed by atoms with Crippen molar-refractivity contribution in [3.05, 3.63) is 18.2 Å². The fraction of sp³-hybridized carbons (Fsp3) is 0.500. The van der Waals surface area contributed by atoms with Gasteiger partial charge >= 0.3 is 12.3 Å². The number of primary amides is 1. The molecule has 0 saturated carbocycles. The summed E-state index contributed by atoms with van der Waals surface area (Å²) in [6.07, 6.45) is -2.01. The van der Waals surface area contributed by atoms with Crippen LogP contribution < -0.4 is 25.8 Å². The number of urea groups is 1. The Labute approximate surface area is 148 Å². The fourth-order valence-electron chi connectivity index (χ4n) is 3.02. The van der Waals surface area contributed by atoms with Gasteiger partial charge in [-0.05, 0) is 31.5 Å². The third kappa shape index (κ3) is 4.51. The number of benzene rings is 1. The molecule has 3 rings (SSSR count). The Morgan fingerprint density at radius 1 is 1.31 bits per heavy atom. The molecule has 0 spiro atoms. The van der Waals surface area contributed by atoms with Crippen LogP contribution in [0.4, 0.5) is 19.3 Å². The second-order valence-corrected chi connectivity index (χ2v) is 6.25. The summed E-state index contributed by atoms with van der Waals surface area (Å²) in [4.78, 5) is 25.2. The predicted octanol–water partition coefficient (Wildman–Crippen LogP) is 1.33. The first kappa shape index (κ1) is 18.2. The summed E-state index contributed by atoms with van der Waals surface area (Å²) < 4.78 is 34.6. The van der Waals surface area contributed by atoms with Crippen LogP contribution in [0.2, 0.25) is 0 Å². The first-order chi connectivity index (χ1) is 12.3. The molecular formula is C16H20F2N4O4. The predicted molar refractivity (Wildman–Crippen MR) is 88.0 cm³/mol. The molecule has 1 saturated heterocycles. The number of carbonyl (C=O) groups is 2. The largest absolute Gasteiger partial charge is 0.586 e. The van der Waals surface area contributed by atoms with Crippen LogP contribution in [-0.2, 0) is 4.79 Å². The number of anilines is 1. The minimum atomic E-state index is -3.69. The number of hydrogen-bond acceptors (Lipinski definition) is 5. The Bertz CT molecular complexity index is 701. The molecule has 1 aromatic rings. The molecule has 4 N–H and O–H groups in total. The molecule has 0 aliphatic carbocycles. The van der Waals surface area contributed by atoms with Crippen molar-refractivity contribution in [2.45, 2.75) is 19.1 Å². The van der Waals surface area contributed by atoms with Gasteiger partial charge in [-0.2, -0.15) is 0 Å². The number of nitrogens with two attached hydrogens (primary N) is 1. The SMILES string of the molecule is NC(=O)[C@@H]1CCCN(CCNC(=O)Nc2ccc3c(c2)OC(F)(F)O3)C1. The average Bonchev–Trinajstić information content (AvgIpc) is 2.88. The van der Waals surface area contributed by atoms with Crippen LogP contribution in [0.3, 0.4) is 0 Å². The Morgan fingerprint density at radius 2 is 2.08 bits per heavy atom. The smallest absolute Gasteiger partial charge is 0.395 e. The number of likely N-dealkylation sites (tertiary alicyclic amines) is 1. The third-order valence-electron chi connectivity index (χ3n) is 4.28. The molecule has 0 radical (unpaired) electrons. The summed E-state index contributed by atoms with van der Waals surface area (Å²) in [5.41, 5.74) is 5.64. The number of piperidine rings is 1. The lowest BCUT2D eigenvalue weighted by Crippen LogP contribution is -2.44. The van der Waals surface area contributed by atoms with Crippen LogP contribution in [0.1, 0.15) is 12.8 Å². The Morgan fingerprint density at radius 3 is 2.85 bits per heavy atom. The monoisotopic (exact) mass is 370 g/mol. The van der Waals surface area contributed by atoms with Crippen molar-refractivity contribution in [1.29, 1.82) is 0 Å². The van der Waals surface area contributed by atoms with Gasteiger partial charge in [0.2, 0.25) is 5.91 Å². The van der Waals surface area contributed by atoms with Gasteiger partial charge in [0.15, 0.2) is 11.5 Å². The maximum absolute atomic E-state index is 13.0. The Balaban J connectivity index is 1.43. The van der Waals surface area contributed by atoms with Gasteiger partial charge in [0.25, 0.3) is 0 Å². The van der Waals surface area contributed by atoms with E-state index in [0.29, 0.717) is 25.3 Å². The zero-order valence-corrected chi connectivity index (χ0v) is 14.0. The van der Waals surface area contributed by atoms with E-state index in [-0.39, 0.29) is 23.3 Å². The van der Waals surface area contributed by atoms with E-state index in [2.05, 4.69) is 25.0 Å². The molecule has 2 heterocycles. The van der Waals surface area contributed by atoms with Gasteiger partial charge in [-0.15, -0.1) is 8.78 Å². The molecule has 1 atom stereocenters. The van der Waals surface area contributed by atoms with E-state index in [0.717, 1.165) is 19.4 Å². The highest BCUT2D eigenvalue weighted by atomic mass is 19.3. The van der Waals surface area contributed by atoms with Gasteiger partial charge in [0.1, 0.15) is 0 Å². The van der Waals surface area contributed by atoms with E-state index in [1.807, 2.05) is 0 Å². The molecule has 1 aromatic carbocycles. The highest BCUT2D eigenvalue weighted by molar-refractivity contribution is 5.89. The molecule has 0 bridgehead atoms. The lowest BCUT2D eigenvalue weighted by molar-refractivity contribution is -0.286. The first-order valence-electron chi connectivity index (χ1n) is 8.29. The minimum absolute atomic E-state index is 0.0879. The summed E-state index contributed by atoms with van der Waals surface area (Å²) in [6.45, 7) is 2.41. The topological polar surface area (TPSA) is 106 Å². The molecule has 0 unspecified atom stereocenters. The van der Waals surface area contributed by atoms with E-state index < -0.39 is 12.3 Å². The molecule has 10 heteroatoms. The molecule has 26 heavy (non-hydrogen) atoms. The molecule has 3 amide bonds. The number of nitrogens with zero attached hydrogens (tertiary/aromatic N) is 1. The van der Waals surface area contributed by atoms with E-state index in [4.69, 9.17) is 5.73 Å². The van der Waals surface area contributed by atoms with Crippen molar-refractivity contribution in [3.8, 4) is 11.5 Å². The van der Waals surface area contributed by atoms with Crippen molar-refractivity contribution in [3.63, 3.8) is 0 Å². The normalized spacial score (nSPS) is 21.2. The van der Waals surface area contributed by atoms with E-state index >= 15 is 0 Å². The fourth-order valence-corrected chi connectivity index (χ4v) is 3.02. The number of fused-ring (bicyclic) bond motifs is 1. The van der Waals surface area contributed by atoms with Gasteiger partial charge in [-0.25, -0.2) is 4.79 Å². The molecule has 8 nitrogen and oxygen atoms in total. The van der Waals surface area contributed by atoms with Gasteiger partial charge in [-0.3, -0.25) is 4.79 Å². The quantitative estimate of drug-likeness (QED) is 0.725. The van der Waals surface area contributed by atoms with Gasteiger partial charge in [-0.1, -0.05) is 0 Å². The summed E-state index contributed by atoms with van der Waals surface area (Å²) in [6, 6.07) is 3.52. The van der Waals surface area contributed by atoms with Gasteiger partial charge in [0.05, 0.1) is 5.92 Å². The summed E-state index contributed by atoms with van der Waals surface area (Å²) in [7, 11) is 0. The number of carbonyl (C=O) groups excluding carboxylic acids is 2. The molecule has 2 aliphatic rings. The van der Waals surface area contributed by atoms with Crippen molar-refractivity contribution >= 4 is 17.6 Å². The van der Waals surface area contributed by atoms with Crippen molar-refractivity contribution in [2.75, 3.05) is 31.5 Å². The van der Waals surface area contributed by atoms with Crippen LogP contribution in [0.25, 0.3) is 0 Å². The van der Waals surface area contributed by atoms with Crippen molar-refractivity contribution in [2.24, 2.45) is 11.7 Å². The maximum atomic E-state index is 13.0. The number of hydrogen-bond donors (Lipinski definition) is 3. The highest BCUT2D eigenvalue weighted by Gasteiger charge is 2.43. The standard InChI is InChI=1S/C16H20F2N4O4/c17-16(18)25-12-4-3-11(8-13(12)26-16)21-15(24)20-5-7-22-6-1-2-10(9-22)14(19)23/h3-4,8,10H,1-2,5-7,9H2,(H2,19,23)(H2,20,21,24)/t10-/m1/s1. The molecule has 0 aromatic heterocycles. The first-order valence-corrected chi connectivity index (χ1v) is 8.29. The molecular weight excluding hydrogens is 350 g/mol. The highest BCUT2D eigenvalue weighted by Crippen LogP contribution is 2.42. The maximum Gasteiger partial charge on any atom is 0.586 e. The molecule has 1 fully saturated rings. The number of nitrogens with one attached hydrogen (secondary N) is 2. The number of halogens is 2. The van der Waals surface area contributed by atoms with E-state index in [9.17, 15) is 18.4 Å². The third-order valence-corrected chi connectivity index (χ3v) is 4.28. The van der Waals surface area contributed by atoms with Crippen LogP contribution in [0, 0.1) is 5.92 Å². The summed E-state index contributed by atoms with van der Waals surface area (Å²) in [5, 5.41) is 5.22. The van der Waals surface area contributed by atoms with Crippen LogP contribution in [-0.4, -0.2) is 49.3 Å². The number of alkyl halides is 2. The second kappa shape index (κ2) is 7.32.